The Balaban J connectivity index is 3.58. The monoisotopic (exact) mass is 221 g/mol. The van der Waals surface area contributed by atoms with Crippen LogP contribution in [0.2, 0.25) is 0 Å². The second-order valence-electron chi connectivity index (χ2n) is 2.57. The van der Waals surface area contributed by atoms with Crippen LogP contribution in [-0.4, -0.2) is 24.5 Å². The van der Waals surface area contributed by atoms with E-state index in [0.29, 0.717) is 19.4 Å². The van der Waals surface area contributed by atoms with Crippen molar-refractivity contribution in [3.8, 4) is 0 Å². The minimum absolute atomic E-state index is 0.0261. The molecule has 0 aromatic heterocycles. The Hall–Kier alpha value is -0.990. The fraction of sp³-hybridized carbons (Fsp3) is 0.667. The highest BCUT2D eigenvalue weighted by Crippen LogP contribution is 1.96. The summed E-state index contributed by atoms with van der Waals surface area (Å²) in [5.74, 6) is -0.539. The van der Waals surface area contributed by atoms with Crippen LogP contribution in [0.3, 0.4) is 0 Å². The van der Waals surface area contributed by atoms with E-state index in [0.717, 1.165) is 0 Å². The number of hydrogen-bond donors (Lipinski definition) is 5. The molecule has 0 bridgehead atoms. The minimum Gasteiger partial charge on any atom is -0.370 e. The standard InChI is InChI=1S/C6H15N5O2S/c7-4(5(12)13-11-14)2-1-3-10-6(8)9/h4,11,14H,1-3,7H2,(H4,8,9,10). The van der Waals surface area contributed by atoms with Crippen LogP contribution in [0.5, 0.6) is 0 Å². The molecule has 7 N–H and O–H groups in total. The van der Waals surface area contributed by atoms with Crippen molar-refractivity contribution in [3.63, 3.8) is 0 Å². The van der Waals surface area contributed by atoms with Gasteiger partial charge in [0, 0.05) is 6.54 Å². The molecule has 0 radical (unpaired) electrons. The van der Waals surface area contributed by atoms with E-state index in [1.165, 1.54) is 0 Å². The van der Waals surface area contributed by atoms with E-state index < -0.39 is 12.0 Å². The smallest absolute Gasteiger partial charge is 0.342 e. The molecule has 0 aromatic carbocycles. The quantitative estimate of drug-likeness (QED) is 0.119. The summed E-state index contributed by atoms with van der Waals surface area (Å²) >= 11 is 3.49. The number of aliphatic imine (C=N–C) groups is 1. The summed E-state index contributed by atoms with van der Waals surface area (Å²) in [6.45, 7) is 0.442. The lowest BCUT2D eigenvalue weighted by Gasteiger charge is -2.08. The predicted octanol–water partition coefficient (Wildman–Crippen LogP) is -1.74. The number of carbonyl (C=O) groups is 1. The second-order valence-corrected chi connectivity index (χ2v) is 2.75. The van der Waals surface area contributed by atoms with Crippen LogP contribution in [0.25, 0.3) is 0 Å². The lowest BCUT2D eigenvalue weighted by molar-refractivity contribution is -0.148. The van der Waals surface area contributed by atoms with Gasteiger partial charge in [-0.05, 0) is 12.8 Å². The molecule has 8 heteroatoms. The topological polar surface area (TPSA) is 129 Å². The summed E-state index contributed by atoms with van der Waals surface area (Å²) in [4.78, 5) is 21.0. The van der Waals surface area contributed by atoms with E-state index in [-0.39, 0.29) is 5.96 Å². The van der Waals surface area contributed by atoms with Crippen molar-refractivity contribution in [2.45, 2.75) is 18.9 Å². The van der Waals surface area contributed by atoms with E-state index in [1.54, 1.807) is 0 Å². The molecule has 0 amide bonds. The summed E-state index contributed by atoms with van der Waals surface area (Å²) in [7, 11) is 0. The van der Waals surface area contributed by atoms with E-state index in [1.807, 2.05) is 4.89 Å². The van der Waals surface area contributed by atoms with Gasteiger partial charge in [-0.1, -0.05) is 17.7 Å². The van der Waals surface area contributed by atoms with E-state index >= 15 is 0 Å². The molecule has 0 rings (SSSR count). The van der Waals surface area contributed by atoms with Gasteiger partial charge in [-0.2, -0.15) is 0 Å². The van der Waals surface area contributed by atoms with Crippen LogP contribution >= 0.6 is 12.8 Å². The maximum absolute atomic E-state index is 10.9. The van der Waals surface area contributed by atoms with Gasteiger partial charge < -0.3 is 22.0 Å². The summed E-state index contributed by atoms with van der Waals surface area (Å²) in [6.07, 6.45) is 1.06. The number of nitrogens with one attached hydrogen (secondary N) is 1. The Labute approximate surface area is 87.5 Å². The zero-order valence-electron chi connectivity index (χ0n) is 7.64. The highest BCUT2D eigenvalue weighted by atomic mass is 32.1. The molecule has 0 saturated heterocycles. The fourth-order valence-electron chi connectivity index (χ4n) is 0.758. The molecule has 14 heavy (non-hydrogen) atoms. The number of hydrogen-bond acceptors (Lipinski definition) is 6. The number of nitrogens with two attached hydrogens (primary N) is 3. The van der Waals surface area contributed by atoms with Crippen molar-refractivity contribution < 1.29 is 9.63 Å². The number of carbonyl (C=O) groups excluding carboxylic acids is 1. The highest BCUT2D eigenvalue weighted by molar-refractivity contribution is 7.77. The fourth-order valence-corrected chi connectivity index (χ4v) is 0.848. The van der Waals surface area contributed by atoms with Crippen molar-refractivity contribution in [1.82, 2.24) is 4.89 Å². The highest BCUT2D eigenvalue weighted by Gasteiger charge is 2.13. The van der Waals surface area contributed by atoms with Gasteiger partial charge >= 0.3 is 5.97 Å². The molecule has 0 spiro atoms. The van der Waals surface area contributed by atoms with Crippen molar-refractivity contribution in [2.24, 2.45) is 22.2 Å². The first-order valence-corrected chi connectivity index (χ1v) is 4.43. The summed E-state index contributed by atoms with van der Waals surface area (Å²) < 4.78 is 0. The average molecular weight is 221 g/mol. The first-order chi connectivity index (χ1) is 6.57. The Morgan fingerprint density at radius 3 is 2.71 bits per heavy atom. The molecule has 0 saturated carbocycles. The van der Waals surface area contributed by atoms with Crippen molar-refractivity contribution in [1.29, 1.82) is 0 Å². The lowest BCUT2D eigenvalue weighted by atomic mass is 10.2. The number of thiol groups is 1. The van der Waals surface area contributed by atoms with Crippen LogP contribution in [0.4, 0.5) is 0 Å². The summed E-state index contributed by atoms with van der Waals surface area (Å²) in [6, 6.07) is -0.691. The molecule has 0 aliphatic heterocycles. The molecule has 1 atom stereocenters. The van der Waals surface area contributed by atoms with Crippen LogP contribution in [0.15, 0.2) is 4.99 Å². The van der Waals surface area contributed by atoms with Gasteiger partial charge in [0.05, 0.1) is 0 Å². The van der Waals surface area contributed by atoms with Gasteiger partial charge in [-0.25, -0.2) is 4.79 Å². The van der Waals surface area contributed by atoms with E-state index in [9.17, 15) is 4.79 Å². The first-order valence-electron chi connectivity index (χ1n) is 3.98. The second kappa shape index (κ2) is 7.42. The molecular weight excluding hydrogens is 206 g/mol. The maximum atomic E-state index is 10.9. The summed E-state index contributed by atoms with van der Waals surface area (Å²) in [5, 5.41) is 0. The van der Waals surface area contributed by atoms with Crippen LogP contribution in [-0.2, 0) is 9.63 Å². The van der Waals surface area contributed by atoms with E-state index in [4.69, 9.17) is 17.2 Å². The molecule has 0 aromatic rings. The number of guanidine groups is 1. The van der Waals surface area contributed by atoms with Gasteiger partial charge in [0.1, 0.15) is 6.04 Å². The van der Waals surface area contributed by atoms with Crippen molar-refractivity contribution >= 4 is 24.7 Å². The molecule has 0 fully saturated rings. The Morgan fingerprint density at radius 1 is 1.57 bits per heavy atom. The zero-order valence-corrected chi connectivity index (χ0v) is 8.54. The van der Waals surface area contributed by atoms with E-state index in [2.05, 4.69) is 22.6 Å². The first kappa shape index (κ1) is 13.0. The lowest BCUT2D eigenvalue weighted by Crippen LogP contribution is -2.34. The Kier molecular flexibility index (Phi) is 6.89. The van der Waals surface area contributed by atoms with Crippen LogP contribution < -0.4 is 22.1 Å². The zero-order chi connectivity index (χ0) is 11.0. The Bertz CT molecular complexity index is 206. The summed E-state index contributed by atoms with van der Waals surface area (Å²) in [5.41, 5.74) is 15.7. The molecule has 0 aliphatic rings. The Morgan fingerprint density at radius 2 is 2.21 bits per heavy atom. The molecule has 7 nitrogen and oxygen atoms in total. The van der Waals surface area contributed by atoms with Crippen LogP contribution in [0, 0.1) is 0 Å². The van der Waals surface area contributed by atoms with Crippen molar-refractivity contribution in [2.75, 3.05) is 6.54 Å². The molecule has 0 aliphatic carbocycles. The van der Waals surface area contributed by atoms with Crippen LogP contribution in [0.1, 0.15) is 12.8 Å². The van der Waals surface area contributed by atoms with Gasteiger partial charge in [0.2, 0.25) is 0 Å². The third kappa shape index (κ3) is 6.52. The maximum Gasteiger partial charge on any atom is 0.342 e. The van der Waals surface area contributed by atoms with Gasteiger partial charge in [-0.3, -0.25) is 4.99 Å². The van der Waals surface area contributed by atoms with Crippen molar-refractivity contribution in [3.05, 3.63) is 0 Å². The number of nitrogens with zero attached hydrogens (tertiary/aromatic N) is 1. The van der Waals surface area contributed by atoms with Gasteiger partial charge in [-0.15, -0.1) is 0 Å². The minimum atomic E-state index is -0.691. The van der Waals surface area contributed by atoms with Gasteiger partial charge in [0.25, 0.3) is 0 Å². The third-order valence-electron chi connectivity index (χ3n) is 1.42. The third-order valence-corrected chi connectivity index (χ3v) is 1.51. The molecule has 82 valence electrons. The molecule has 1 unspecified atom stereocenters. The largest absolute Gasteiger partial charge is 0.370 e. The molecular formula is C6H15N5O2S. The number of rotatable bonds is 6. The predicted molar refractivity (Wildman–Crippen MR) is 56.1 cm³/mol. The normalized spacial score (nSPS) is 11.9. The molecule has 0 heterocycles. The SMILES string of the molecule is NC(N)=NCCCC(N)C(=O)ONS. The van der Waals surface area contributed by atoms with Gasteiger partial charge in [0.15, 0.2) is 5.96 Å². The average Bonchev–Trinajstić information content (AvgIpc) is 2.12.